The zero-order valence-corrected chi connectivity index (χ0v) is 24.2. The van der Waals surface area contributed by atoms with Crippen molar-refractivity contribution in [3.63, 3.8) is 0 Å². The van der Waals surface area contributed by atoms with E-state index in [1.807, 2.05) is 53.1 Å². The number of carboxylic acid groups (broad SMARTS) is 1. The Labute approximate surface area is 247 Å². The van der Waals surface area contributed by atoms with E-state index in [0.29, 0.717) is 23.2 Å². The Morgan fingerprint density at radius 2 is 1.83 bits per heavy atom. The van der Waals surface area contributed by atoms with Gasteiger partial charge in [-0.1, -0.05) is 73.5 Å². The molecule has 0 radical (unpaired) electrons. The number of amides is 2. The van der Waals surface area contributed by atoms with Crippen LogP contribution in [0.3, 0.4) is 0 Å². The molecule has 1 unspecified atom stereocenters. The summed E-state index contributed by atoms with van der Waals surface area (Å²) in [6.45, 7) is 3.94. The average Bonchev–Trinajstić information content (AvgIpc) is 3.62. The number of imidazole rings is 1. The molecule has 220 valence electrons. The second-order valence-corrected chi connectivity index (χ2v) is 10.2. The molecule has 0 spiro atoms. The fourth-order valence-electron chi connectivity index (χ4n) is 4.56. The van der Waals surface area contributed by atoms with Crippen molar-refractivity contribution < 1.29 is 19.5 Å². The van der Waals surface area contributed by atoms with Crippen LogP contribution in [-0.2, 0) is 33.9 Å². The number of rotatable bonds is 14. The van der Waals surface area contributed by atoms with E-state index >= 15 is 0 Å². The fourth-order valence-corrected chi connectivity index (χ4v) is 4.82. The molecule has 0 aliphatic rings. The number of tetrazole rings is 1. The van der Waals surface area contributed by atoms with Crippen LogP contribution in [0, 0.1) is 0 Å². The number of carboxylic acids is 1. The van der Waals surface area contributed by atoms with Gasteiger partial charge in [-0.3, -0.25) is 9.59 Å². The summed E-state index contributed by atoms with van der Waals surface area (Å²) in [5, 5.41) is 29.2. The maximum absolute atomic E-state index is 12.4. The molecule has 2 amide bonds. The maximum atomic E-state index is 12.4. The van der Waals surface area contributed by atoms with Crippen molar-refractivity contribution in [3.05, 3.63) is 70.8 Å². The minimum atomic E-state index is -1.19. The van der Waals surface area contributed by atoms with Gasteiger partial charge in [-0.05, 0) is 34.7 Å². The second-order valence-electron chi connectivity index (χ2n) is 9.84. The zero-order valence-electron chi connectivity index (χ0n) is 23.4. The first kappa shape index (κ1) is 30.4. The molecule has 0 aliphatic heterocycles. The quantitative estimate of drug-likeness (QED) is 0.172. The lowest BCUT2D eigenvalue weighted by atomic mass is 9.98. The number of benzene rings is 2. The maximum Gasteiger partial charge on any atom is 0.326 e. The van der Waals surface area contributed by atoms with E-state index in [4.69, 9.17) is 16.6 Å². The predicted molar refractivity (Wildman–Crippen MR) is 156 cm³/mol. The molecule has 0 bridgehead atoms. The van der Waals surface area contributed by atoms with Crippen LogP contribution in [0.5, 0.6) is 0 Å². The normalized spacial score (nSPS) is 11.7. The minimum Gasteiger partial charge on any atom is -0.480 e. The van der Waals surface area contributed by atoms with Crippen LogP contribution in [0.2, 0.25) is 5.15 Å². The highest BCUT2D eigenvalue weighted by molar-refractivity contribution is 6.30. The first-order valence-corrected chi connectivity index (χ1v) is 14.1. The lowest BCUT2D eigenvalue weighted by Gasteiger charge is -2.13. The number of halogens is 1. The standard InChI is InChI=1S/C29H33ClN8O4/c1-3-4-9-25-33-24(16-31-26(40)15-14-23(29(41)42)32-18(2)39)27(30)38(25)17-19-10-12-20(13-11-19)21-7-5-6-8-22(21)28-34-36-37-35-28/h5-8,10-13,23H,3-4,9,14-17H2,1-2H3,(H,31,40)(H,32,39)(H,41,42)(H,34,35,36,37). The lowest BCUT2D eigenvalue weighted by Crippen LogP contribution is -2.40. The number of aryl methyl sites for hydroxylation is 1. The van der Waals surface area contributed by atoms with Gasteiger partial charge in [-0.25, -0.2) is 9.78 Å². The van der Waals surface area contributed by atoms with Gasteiger partial charge in [0.05, 0.1) is 18.8 Å². The van der Waals surface area contributed by atoms with Gasteiger partial charge in [0.1, 0.15) is 17.0 Å². The Morgan fingerprint density at radius 3 is 2.48 bits per heavy atom. The number of carbonyl (C=O) groups excluding carboxylic acids is 2. The zero-order chi connectivity index (χ0) is 30.1. The Bertz CT molecular complexity index is 1520. The average molecular weight is 593 g/mol. The van der Waals surface area contributed by atoms with Crippen LogP contribution in [-0.4, -0.2) is 59.1 Å². The molecule has 2 aromatic heterocycles. The van der Waals surface area contributed by atoms with E-state index in [9.17, 15) is 19.5 Å². The van der Waals surface area contributed by atoms with Gasteiger partial charge in [0.15, 0.2) is 0 Å². The number of aliphatic carboxylic acids is 1. The highest BCUT2D eigenvalue weighted by Gasteiger charge is 2.21. The van der Waals surface area contributed by atoms with E-state index in [1.54, 1.807) is 0 Å². The summed E-state index contributed by atoms with van der Waals surface area (Å²) >= 11 is 6.77. The number of H-pyrrole nitrogens is 1. The van der Waals surface area contributed by atoms with E-state index in [-0.39, 0.29) is 25.3 Å². The highest BCUT2D eigenvalue weighted by atomic mass is 35.5. The van der Waals surface area contributed by atoms with Gasteiger partial charge in [0.2, 0.25) is 17.6 Å². The Morgan fingerprint density at radius 1 is 1.10 bits per heavy atom. The van der Waals surface area contributed by atoms with Gasteiger partial charge in [0.25, 0.3) is 0 Å². The number of aromatic amines is 1. The Hall–Kier alpha value is -4.58. The number of unbranched alkanes of at least 4 members (excludes halogenated alkanes) is 1. The summed E-state index contributed by atoms with van der Waals surface area (Å²) in [6.07, 6.45) is 2.56. The van der Waals surface area contributed by atoms with E-state index < -0.39 is 17.9 Å². The third-order valence-electron chi connectivity index (χ3n) is 6.71. The van der Waals surface area contributed by atoms with Crippen molar-refractivity contribution in [1.29, 1.82) is 0 Å². The van der Waals surface area contributed by atoms with Crippen molar-refractivity contribution in [1.82, 2.24) is 40.8 Å². The smallest absolute Gasteiger partial charge is 0.326 e. The summed E-state index contributed by atoms with van der Waals surface area (Å²) in [7, 11) is 0. The first-order chi connectivity index (χ1) is 20.3. The number of hydrogen-bond donors (Lipinski definition) is 4. The molecular weight excluding hydrogens is 560 g/mol. The molecule has 0 saturated heterocycles. The fraction of sp³-hybridized carbons (Fsp3) is 0.345. The SMILES string of the molecule is CCCCc1nc(CNC(=O)CCC(NC(C)=O)C(=O)O)c(Cl)n1Cc1ccc(-c2ccccc2-c2nn[nH]n2)cc1. The summed E-state index contributed by atoms with van der Waals surface area (Å²) < 4.78 is 1.96. The topological polar surface area (TPSA) is 168 Å². The summed E-state index contributed by atoms with van der Waals surface area (Å²) in [6, 6.07) is 14.9. The van der Waals surface area contributed by atoms with E-state index in [1.165, 1.54) is 6.92 Å². The van der Waals surface area contributed by atoms with Crippen molar-refractivity contribution in [2.45, 2.75) is 65.1 Å². The van der Waals surface area contributed by atoms with E-state index in [2.05, 4.69) is 38.2 Å². The molecular formula is C29H33ClN8O4. The van der Waals surface area contributed by atoms with Crippen LogP contribution in [0.25, 0.3) is 22.5 Å². The summed E-state index contributed by atoms with van der Waals surface area (Å²) in [5.41, 5.74) is 4.44. The monoisotopic (exact) mass is 592 g/mol. The van der Waals surface area contributed by atoms with Crippen molar-refractivity contribution in [2.75, 3.05) is 0 Å². The molecule has 2 heterocycles. The Kier molecular flexibility index (Phi) is 10.4. The third kappa shape index (κ3) is 7.78. The third-order valence-corrected chi connectivity index (χ3v) is 7.13. The molecule has 12 nitrogen and oxygen atoms in total. The van der Waals surface area contributed by atoms with Crippen LogP contribution in [0.1, 0.15) is 56.6 Å². The van der Waals surface area contributed by atoms with E-state index in [0.717, 1.165) is 47.3 Å². The van der Waals surface area contributed by atoms with Crippen LogP contribution in [0.4, 0.5) is 0 Å². The molecule has 1 atom stereocenters. The van der Waals surface area contributed by atoms with Gasteiger partial charge in [-0.15, -0.1) is 10.2 Å². The van der Waals surface area contributed by atoms with Crippen LogP contribution < -0.4 is 10.6 Å². The molecule has 0 aliphatic carbocycles. The van der Waals surface area contributed by atoms with Crippen LogP contribution >= 0.6 is 11.6 Å². The number of aromatic nitrogens is 6. The van der Waals surface area contributed by atoms with Crippen molar-refractivity contribution >= 4 is 29.4 Å². The van der Waals surface area contributed by atoms with Crippen molar-refractivity contribution in [2.24, 2.45) is 0 Å². The predicted octanol–water partition coefficient (Wildman–Crippen LogP) is 3.76. The molecule has 42 heavy (non-hydrogen) atoms. The number of hydrogen-bond acceptors (Lipinski definition) is 7. The number of nitrogens with zero attached hydrogens (tertiary/aromatic N) is 5. The van der Waals surface area contributed by atoms with Crippen LogP contribution in [0.15, 0.2) is 48.5 Å². The summed E-state index contributed by atoms with van der Waals surface area (Å²) in [4.78, 5) is 39.7. The van der Waals surface area contributed by atoms with Gasteiger partial charge in [-0.2, -0.15) is 5.21 Å². The minimum absolute atomic E-state index is 0.0275. The van der Waals surface area contributed by atoms with Gasteiger partial charge < -0.3 is 20.3 Å². The highest BCUT2D eigenvalue weighted by Crippen LogP contribution is 2.30. The summed E-state index contributed by atoms with van der Waals surface area (Å²) in [5.74, 6) is -0.666. The lowest BCUT2D eigenvalue weighted by molar-refractivity contribution is -0.141. The molecule has 0 fully saturated rings. The Balaban J connectivity index is 1.46. The first-order valence-electron chi connectivity index (χ1n) is 13.7. The van der Waals surface area contributed by atoms with Gasteiger partial charge in [0, 0.05) is 25.3 Å². The molecule has 13 heteroatoms. The van der Waals surface area contributed by atoms with Crippen molar-refractivity contribution in [3.8, 4) is 22.5 Å². The molecule has 2 aromatic carbocycles. The number of carbonyl (C=O) groups is 3. The molecule has 4 N–H and O–H groups in total. The molecule has 4 aromatic rings. The van der Waals surface area contributed by atoms with Gasteiger partial charge >= 0.3 is 5.97 Å². The number of nitrogens with one attached hydrogen (secondary N) is 3. The molecule has 0 saturated carbocycles. The molecule has 4 rings (SSSR count). The second kappa shape index (κ2) is 14.4. The largest absolute Gasteiger partial charge is 0.480 e.